The zero-order valence-corrected chi connectivity index (χ0v) is 11.6. The van der Waals surface area contributed by atoms with Gasteiger partial charge in [0.1, 0.15) is 11.6 Å². The summed E-state index contributed by atoms with van der Waals surface area (Å²) in [5.74, 6) is 0.596. The van der Waals surface area contributed by atoms with E-state index in [1.54, 1.807) is 25.3 Å². The third-order valence-electron chi connectivity index (χ3n) is 2.33. The van der Waals surface area contributed by atoms with Gasteiger partial charge in [-0.15, -0.1) is 10.2 Å². The summed E-state index contributed by atoms with van der Waals surface area (Å²) < 4.78 is 5.85. The predicted octanol–water partition coefficient (Wildman–Crippen LogP) is 2.08. The van der Waals surface area contributed by atoms with Crippen LogP contribution in [0.5, 0.6) is 5.75 Å². The van der Waals surface area contributed by atoms with Gasteiger partial charge in [0.15, 0.2) is 5.69 Å². The Morgan fingerprint density at radius 3 is 2.68 bits per heavy atom. The molecule has 3 N–H and O–H groups in total. The SMILES string of the molecule is COc1ccc(NC(=O)c2ccc(N)nn2)cc1Br. The Morgan fingerprint density at radius 2 is 2.11 bits per heavy atom. The fraction of sp³-hybridized carbons (Fsp3) is 0.0833. The van der Waals surface area contributed by atoms with Crippen molar-refractivity contribution in [2.24, 2.45) is 0 Å². The van der Waals surface area contributed by atoms with Crippen LogP contribution in [-0.2, 0) is 0 Å². The molecule has 1 amide bonds. The fourth-order valence-electron chi connectivity index (χ4n) is 1.40. The zero-order chi connectivity index (χ0) is 13.8. The number of halogens is 1. The minimum atomic E-state index is -0.357. The number of methoxy groups -OCH3 is 1. The van der Waals surface area contributed by atoms with E-state index in [1.807, 2.05) is 0 Å². The molecule has 7 heteroatoms. The van der Waals surface area contributed by atoms with Gasteiger partial charge in [-0.05, 0) is 46.3 Å². The van der Waals surface area contributed by atoms with Gasteiger partial charge in [-0.3, -0.25) is 4.79 Å². The van der Waals surface area contributed by atoms with Crippen LogP contribution in [0.1, 0.15) is 10.5 Å². The van der Waals surface area contributed by atoms with E-state index >= 15 is 0 Å². The molecule has 6 nitrogen and oxygen atoms in total. The number of amides is 1. The molecule has 0 aliphatic rings. The lowest BCUT2D eigenvalue weighted by Gasteiger charge is -2.07. The van der Waals surface area contributed by atoms with Gasteiger partial charge in [-0.1, -0.05) is 0 Å². The summed E-state index contributed by atoms with van der Waals surface area (Å²) in [4.78, 5) is 11.9. The van der Waals surface area contributed by atoms with Crippen molar-refractivity contribution in [1.82, 2.24) is 10.2 Å². The molecule has 0 saturated carbocycles. The quantitative estimate of drug-likeness (QED) is 0.902. The molecular weight excluding hydrogens is 312 g/mol. The number of nitrogens with one attached hydrogen (secondary N) is 1. The van der Waals surface area contributed by atoms with Crippen LogP contribution >= 0.6 is 15.9 Å². The van der Waals surface area contributed by atoms with E-state index in [0.717, 1.165) is 4.47 Å². The molecule has 0 saturated heterocycles. The Morgan fingerprint density at radius 1 is 1.32 bits per heavy atom. The van der Waals surface area contributed by atoms with E-state index in [1.165, 1.54) is 12.1 Å². The number of nitrogens with two attached hydrogens (primary N) is 1. The molecule has 0 fully saturated rings. The Bertz CT molecular complexity index is 601. The first-order valence-electron chi connectivity index (χ1n) is 5.34. The third-order valence-corrected chi connectivity index (χ3v) is 2.95. The van der Waals surface area contributed by atoms with Crippen LogP contribution in [-0.4, -0.2) is 23.2 Å². The van der Waals surface area contributed by atoms with Crippen LogP contribution in [0.4, 0.5) is 11.5 Å². The maximum Gasteiger partial charge on any atom is 0.276 e. The maximum absolute atomic E-state index is 11.9. The van der Waals surface area contributed by atoms with Gasteiger partial charge in [-0.2, -0.15) is 0 Å². The van der Waals surface area contributed by atoms with Crippen molar-refractivity contribution in [2.75, 3.05) is 18.2 Å². The number of rotatable bonds is 3. The lowest BCUT2D eigenvalue weighted by atomic mass is 10.3. The largest absolute Gasteiger partial charge is 0.496 e. The van der Waals surface area contributed by atoms with E-state index in [-0.39, 0.29) is 17.4 Å². The summed E-state index contributed by atoms with van der Waals surface area (Å²) in [6.07, 6.45) is 0. The summed E-state index contributed by atoms with van der Waals surface area (Å²) in [6, 6.07) is 8.24. The molecule has 2 rings (SSSR count). The Hall–Kier alpha value is -2.15. The first kappa shape index (κ1) is 13.3. The van der Waals surface area contributed by atoms with Gasteiger partial charge in [-0.25, -0.2) is 0 Å². The van der Waals surface area contributed by atoms with E-state index in [2.05, 4.69) is 31.4 Å². The molecule has 0 atom stereocenters. The molecule has 1 heterocycles. The highest BCUT2D eigenvalue weighted by atomic mass is 79.9. The number of aromatic nitrogens is 2. The van der Waals surface area contributed by atoms with Gasteiger partial charge in [0.05, 0.1) is 11.6 Å². The van der Waals surface area contributed by atoms with E-state index in [4.69, 9.17) is 10.5 Å². The first-order chi connectivity index (χ1) is 9.10. The number of hydrogen-bond donors (Lipinski definition) is 2. The van der Waals surface area contributed by atoms with Crippen LogP contribution < -0.4 is 15.8 Å². The predicted molar refractivity (Wildman–Crippen MR) is 75.1 cm³/mol. The number of benzene rings is 1. The summed E-state index contributed by atoms with van der Waals surface area (Å²) in [7, 11) is 1.57. The van der Waals surface area contributed by atoms with E-state index in [0.29, 0.717) is 11.4 Å². The highest BCUT2D eigenvalue weighted by Gasteiger charge is 2.09. The molecule has 19 heavy (non-hydrogen) atoms. The Balaban J connectivity index is 2.14. The summed E-state index contributed by atoms with van der Waals surface area (Å²) in [5.41, 5.74) is 6.22. The molecule has 98 valence electrons. The van der Waals surface area contributed by atoms with E-state index < -0.39 is 0 Å². The Labute approximate surface area is 118 Å². The molecule has 1 aromatic heterocycles. The van der Waals surface area contributed by atoms with Gasteiger partial charge < -0.3 is 15.8 Å². The minimum Gasteiger partial charge on any atom is -0.496 e. The molecule has 2 aromatic rings. The van der Waals surface area contributed by atoms with Crippen LogP contribution in [0.3, 0.4) is 0 Å². The normalized spacial score (nSPS) is 10.0. The van der Waals surface area contributed by atoms with Crippen molar-refractivity contribution in [3.05, 3.63) is 40.5 Å². The smallest absolute Gasteiger partial charge is 0.276 e. The average molecular weight is 323 g/mol. The molecule has 0 aliphatic carbocycles. The number of anilines is 2. The molecule has 0 bridgehead atoms. The monoisotopic (exact) mass is 322 g/mol. The van der Waals surface area contributed by atoms with E-state index in [9.17, 15) is 4.79 Å². The molecule has 0 unspecified atom stereocenters. The number of nitrogen functional groups attached to an aromatic ring is 1. The van der Waals surface area contributed by atoms with Crippen molar-refractivity contribution in [3.8, 4) is 5.75 Å². The average Bonchev–Trinajstić information content (AvgIpc) is 2.39. The van der Waals surface area contributed by atoms with Gasteiger partial charge in [0, 0.05) is 5.69 Å². The number of ether oxygens (including phenoxy) is 1. The number of nitrogens with zero attached hydrogens (tertiary/aromatic N) is 2. The second-order valence-corrected chi connectivity index (χ2v) is 4.50. The maximum atomic E-state index is 11.9. The van der Waals surface area contributed by atoms with Crippen molar-refractivity contribution in [1.29, 1.82) is 0 Å². The van der Waals surface area contributed by atoms with Crippen LogP contribution in [0, 0.1) is 0 Å². The van der Waals surface area contributed by atoms with Crippen molar-refractivity contribution in [3.63, 3.8) is 0 Å². The molecule has 0 aliphatic heterocycles. The number of hydrogen-bond acceptors (Lipinski definition) is 5. The number of carbonyl (C=O) groups is 1. The third kappa shape index (κ3) is 3.19. The molecule has 1 aromatic carbocycles. The second-order valence-electron chi connectivity index (χ2n) is 3.65. The first-order valence-corrected chi connectivity index (χ1v) is 6.13. The zero-order valence-electron chi connectivity index (χ0n) is 10.1. The molecular formula is C12H11BrN4O2. The van der Waals surface area contributed by atoms with Crippen LogP contribution in [0.15, 0.2) is 34.8 Å². The lowest BCUT2D eigenvalue weighted by molar-refractivity contribution is 0.102. The van der Waals surface area contributed by atoms with Crippen molar-refractivity contribution >= 4 is 33.3 Å². The summed E-state index contributed by atoms with van der Waals surface area (Å²) in [6.45, 7) is 0. The van der Waals surface area contributed by atoms with Gasteiger partial charge in [0.25, 0.3) is 5.91 Å². The highest BCUT2D eigenvalue weighted by molar-refractivity contribution is 9.10. The lowest BCUT2D eigenvalue weighted by Crippen LogP contribution is -2.14. The summed E-state index contributed by atoms with van der Waals surface area (Å²) >= 11 is 3.34. The fourth-order valence-corrected chi connectivity index (χ4v) is 1.94. The highest BCUT2D eigenvalue weighted by Crippen LogP contribution is 2.27. The summed E-state index contributed by atoms with van der Waals surface area (Å²) in [5, 5.41) is 10.0. The van der Waals surface area contributed by atoms with Crippen LogP contribution in [0.25, 0.3) is 0 Å². The van der Waals surface area contributed by atoms with Crippen LogP contribution in [0.2, 0.25) is 0 Å². The standard InChI is InChI=1S/C12H11BrN4O2/c1-19-10-4-2-7(6-8(10)13)15-12(18)9-3-5-11(14)17-16-9/h2-6H,1H3,(H2,14,17)(H,15,18). The number of carbonyl (C=O) groups excluding carboxylic acids is 1. The Kier molecular flexibility index (Phi) is 3.96. The molecule has 0 radical (unpaired) electrons. The van der Waals surface area contributed by atoms with Gasteiger partial charge in [0.2, 0.25) is 0 Å². The second kappa shape index (κ2) is 5.66. The molecule has 0 spiro atoms. The van der Waals surface area contributed by atoms with Crippen molar-refractivity contribution < 1.29 is 9.53 Å². The minimum absolute atomic E-state index is 0.196. The van der Waals surface area contributed by atoms with Crippen molar-refractivity contribution in [2.45, 2.75) is 0 Å². The van der Waals surface area contributed by atoms with Gasteiger partial charge >= 0.3 is 0 Å². The topological polar surface area (TPSA) is 90.1 Å².